The summed E-state index contributed by atoms with van der Waals surface area (Å²) >= 11 is 0. The molecular formula is C19H28N4O. The molecule has 130 valence electrons. The summed E-state index contributed by atoms with van der Waals surface area (Å²) < 4.78 is 0. The van der Waals surface area contributed by atoms with Crippen molar-refractivity contribution in [2.24, 2.45) is 0 Å². The van der Waals surface area contributed by atoms with Gasteiger partial charge in [-0.05, 0) is 30.5 Å². The Hall–Kier alpha value is -1.43. The van der Waals surface area contributed by atoms with Crippen molar-refractivity contribution in [1.82, 2.24) is 20.0 Å². The van der Waals surface area contributed by atoms with Crippen LogP contribution in [0.4, 0.5) is 0 Å². The highest BCUT2D eigenvalue weighted by atomic mass is 16.2. The third kappa shape index (κ3) is 3.48. The second-order valence-corrected chi connectivity index (χ2v) is 7.29. The van der Waals surface area contributed by atoms with Crippen LogP contribution in [0.3, 0.4) is 0 Å². The third-order valence-electron chi connectivity index (χ3n) is 5.80. The topological polar surface area (TPSA) is 38.8 Å². The smallest absolute Gasteiger partial charge is 0.237 e. The number of nitrogens with one attached hydrogen (secondary N) is 1. The Kier molecular flexibility index (Phi) is 4.83. The van der Waals surface area contributed by atoms with E-state index in [0.29, 0.717) is 18.5 Å². The Morgan fingerprint density at radius 2 is 1.88 bits per heavy atom. The molecule has 0 spiro atoms. The maximum absolute atomic E-state index is 12.7. The zero-order valence-electron chi connectivity index (χ0n) is 14.4. The van der Waals surface area contributed by atoms with Crippen molar-refractivity contribution < 1.29 is 4.79 Å². The maximum Gasteiger partial charge on any atom is 0.237 e. The van der Waals surface area contributed by atoms with Crippen LogP contribution in [0.25, 0.3) is 0 Å². The fourth-order valence-electron chi connectivity index (χ4n) is 4.24. The number of piperazine rings is 1. The summed E-state index contributed by atoms with van der Waals surface area (Å²) in [5.41, 5.74) is 2.72. The van der Waals surface area contributed by atoms with Crippen molar-refractivity contribution in [3.63, 3.8) is 0 Å². The lowest BCUT2D eigenvalue weighted by Crippen LogP contribution is -2.53. The predicted octanol–water partition coefficient (Wildman–Crippen LogP) is 0.551. The van der Waals surface area contributed by atoms with Gasteiger partial charge in [-0.25, -0.2) is 0 Å². The standard InChI is InChI=1S/C19H28N4O/c24-19(23-8-6-16-3-1-2-4-17(16)14-23)15-21-9-11-22(12-10-21)18-5-7-20-13-18/h1-4,18,20H,5-15H2. The summed E-state index contributed by atoms with van der Waals surface area (Å²) in [6.45, 7) is 8.75. The van der Waals surface area contributed by atoms with Gasteiger partial charge in [-0.15, -0.1) is 0 Å². The van der Waals surface area contributed by atoms with Gasteiger partial charge in [0.15, 0.2) is 0 Å². The normalized spacial score (nSPS) is 25.7. The molecule has 1 aromatic rings. The number of fused-ring (bicyclic) bond motifs is 1. The van der Waals surface area contributed by atoms with Crippen LogP contribution in [0.5, 0.6) is 0 Å². The van der Waals surface area contributed by atoms with Gasteiger partial charge in [-0.1, -0.05) is 24.3 Å². The molecule has 3 heterocycles. The minimum absolute atomic E-state index is 0.292. The second-order valence-electron chi connectivity index (χ2n) is 7.29. The fraction of sp³-hybridized carbons (Fsp3) is 0.632. The molecule has 24 heavy (non-hydrogen) atoms. The first-order valence-electron chi connectivity index (χ1n) is 9.31. The number of amides is 1. The maximum atomic E-state index is 12.7. The summed E-state index contributed by atoms with van der Waals surface area (Å²) in [6.07, 6.45) is 2.26. The summed E-state index contributed by atoms with van der Waals surface area (Å²) in [7, 11) is 0. The van der Waals surface area contributed by atoms with Crippen molar-refractivity contribution in [3.8, 4) is 0 Å². The highest BCUT2D eigenvalue weighted by molar-refractivity contribution is 5.78. The van der Waals surface area contributed by atoms with E-state index in [0.717, 1.165) is 58.8 Å². The molecule has 3 aliphatic heterocycles. The molecule has 1 unspecified atom stereocenters. The number of rotatable bonds is 3. The van der Waals surface area contributed by atoms with E-state index in [4.69, 9.17) is 0 Å². The van der Waals surface area contributed by atoms with Crippen LogP contribution in [0, 0.1) is 0 Å². The molecular weight excluding hydrogens is 300 g/mol. The molecule has 0 saturated carbocycles. The average molecular weight is 328 g/mol. The van der Waals surface area contributed by atoms with E-state index in [1.54, 1.807) is 0 Å². The SMILES string of the molecule is O=C(CN1CCN(C2CCNC2)CC1)N1CCc2ccccc2C1. The Labute approximate surface area is 144 Å². The van der Waals surface area contributed by atoms with E-state index in [2.05, 4.69) is 39.4 Å². The molecule has 1 atom stereocenters. The van der Waals surface area contributed by atoms with Gasteiger partial charge < -0.3 is 10.2 Å². The Morgan fingerprint density at radius 3 is 2.62 bits per heavy atom. The molecule has 0 bridgehead atoms. The zero-order valence-corrected chi connectivity index (χ0v) is 14.4. The van der Waals surface area contributed by atoms with E-state index >= 15 is 0 Å². The first kappa shape index (κ1) is 16.1. The second kappa shape index (κ2) is 7.21. The van der Waals surface area contributed by atoms with Gasteiger partial charge >= 0.3 is 0 Å². The molecule has 0 aliphatic carbocycles. The van der Waals surface area contributed by atoms with Gasteiger partial charge in [0, 0.05) is 51.9 Å². The van der Waals surface area contributed by atoms with E-state index in [9.17, 15) is 4.79 Å². The number of nitrogens with zero attached hydrogens (tertiary/aromatic N) is 3. The summed E-state index contributed by atoms with van der Waals surface area (Å²) in [6, 6.07) is 9.22. The molecule has 0 aromatic heterocycles. The largest absolute Gasteiger partial charge is 0.337 e. The highest BCUT2D eigenvalue weighted by Gasteiger charge is 2.28. The van der Waals surface area contributed by atoms with E-state index in [1.807, 2.05) is 4.90 Å². The number of hydrogen-bond acceptors (Lipinski definition) is 4. The molecule has 5 nitrogen and oxygen atoms in total. The lowest BCUT2D eigenvalue weighted by Gasteiger charge is -2.38. The van der Waals surface area contributed by atoms with E-state index < -0.39 is 0 Å². The lowest BCUT2D eigenvalue weighted by atomic mass is 10.00. The van der Waals surface area contributed by atoms with E-state index in [-0.39, 0.29) is 0 Å². The van der Waals surface area contributed by atoms with Crippen LogP contribution in [-0.2, 0) is 17.8 Å². The average Bonchev–Trinajstić information content (AvgIpc) is 3.16. The fourth-order valence-corrected chi connectivity index (χ4v) is 4.24. The number of benzene rings is 1. The van der Waals surface area contributed by atoms with E-state index in [1.165, 1.54) is 17.5 Å². The number of carbonyl (C=O) groups excluding carboxylic acids is 1. The summed E-state index contributed by atoms with van der Waals surface area (Å²) in [5, 5.41) is 3.45. The third-order valence-corrected chi connectivity index (χ3v) is 5.80. The zero-order chi connectivity index (χ0) is 16.4. The van der Waals surface area contributed by atoms with Gasteiger partial charge in [-0.3, -0.25) is 14.6 Å². The van der Waals surface area contributed by atoms with Gasteiger partial charge in [-0.2, -0.15) is 0 Å². The first-order valence-corrected chi connectivity index (χ1v) is 9.31. The molecule has 3 aliphatic rings. The molecule has 1 aromatic carbocycles. The lowest BCUT2D eigenvalue weighted by molar-refractivity contribution is -0.133. The Morgan fingerprint density at radius 1 is 1.08 bits per heavy atom. The number of carbonyl (C=O) groups is 1. The quantitative estimate of drug-likeness (QED) is 0.880. The van der Waals surface area contributed by atoms with Gasteiger partial charge in [0.1, 0.15) is 0 Å². The van der Waals surface area contributed by atoms with Crippen LogP contribution in [0.1, 0.15) is 17.5 Å². The molecule has 4 rings (SSSR count). The molecule has 5 heteroatoms. The van der Waals surface area contributed by atoms with Crippen molar-refractivity contribution in [1.29, 1.82) is 0 Å². The monoisotopic (exact) mass is 328 g/mol. The van der Waals surface area contributed by atoms with Crippen molar-refractivity contribution in [2.75, 3.05) is 52.4 Å². The van der Waals surface area contributed by atoms with Gasteiger partial charge in [0.05, 0.1) is 6.54 Å². The van der Waals surface area contributed by atoms with Crippen molar-refractivity contribution in [3.05, 3.63) is 35.4 Å². The van der Waals surface area contributed by atoms with Crippen LogP contribution in [0.15, 0.2) is 24.3 Å². The first-order chi connectivity index (χ1) is 11.8. The van der Waals surface area contributed by atoms with Crippen LogP contribution >= 0.6 is 0 Å². The Bertz CT molecular complexity index is 576. The highest BCUT2D eigenvalue weighted by Crippen LogP contribution is 2.19. The molecule has 2 saturated heterocycles. The summed E-state index contributed by atoms with van der Waals surface area (Å²) in [4.78, 5) is 19.6. The summed E-state index contributed by atoms with van der Waals surface area (Å²) in [5.74, 6) is 0.292. The molecule has 0 radical (unpaired) electrons. The van der Waals surface area contributed by atoms with Crippen LogP contribution in [-0.4, -0.2) is 79.0 Å². The van der Waals surface area contributed by atoms with Gasteiger partial charge in [0.25, 0.3) is 0 Å². The number of hydrogen-bond donors (Lipinski definition) is 1. The minimum atomic E-state index is 0.292. The predicted molar refractivity (Wildman–Crippen MR) is 94.9 cm³/mol. The van der Waals surface area contributed by atoms with Crippen molar-refractivity contribution in [2.45, 2.75) is 25.4 Å². The van der Waals surface area contributed by atoms with Crippen LogP contribution in [0.2, 0.25) is 0 Å². The molecule has 1 amide bonds. The van der Waals surface area contributed by atoms with Crippen molar-refractivity contribution >= 4 is 5.91 Å². The Balaban J connectivity index is 1.27. The molecule has 1 N–H and O–H groups in total. The molecule has 2 fully saturated rings. The van der Waals surface area contributed by atoms with Crippen LogP contribution < -0.4 is 5.32 Å². The van der Waals surface area contributed by atoms with Gasteiger partial charge in [0.2, 0.25) is 5.91 Å². The minimum Gasteiger partial charge on any atom is -0.337 e.